The predicted octanol–water partition coefficient (Wildman–Crippen LogP) is 3.58. The molecule has 7 nitrogen and oxygen atoms in total. The number of ether oxygens (including phenoxy) is 2. The molecule has 0 saturated heterocycles. The van der Waals surface area contributed by atoms with Gasteiger partial charge in [-0.25, -0.2) is 4.99 Å². The number of guanidine groups is 1. The van der Waals surface area contributed by atoms with Crippen molar-refractivity contribution >= 4 is 29.1 Å². The lowest BCUT2D eigenvalue weighted by molar-refractivity contribution is 0.0169. The fourth-order valence-corrected chi connectivity index (χ4v) is 8.69. The SMILES string of the molecule is CC(C)(/C=C/OC(C)(C)CCOCC[P+](c1ccccc1)(c1ccccc1)c1ccccc1)NC(N)N=C(N)N. The molecule has 0 fully saturated rings. The van der Waals surface area contributed by atoms with E-state index in [1.807, 2.05) is 19.9 Å². The van der Waals surface area contributed by atoms with Crippen molar-refractivity contribution in [1.29, 1.82) is 0 Å². The molecule has 0 aliphatic rings. The Kier molecular flexibility index (Phi) is 11.3. The molecule has 0 bridgehead atoms. The second-order valence-corrected chi connectivity index (χ2v) is 14.6. The van der Waals surface area contributed by atoms with E-state index in [4.69, 9.17) is 26.7 Å². The van der Waals surface area contributed by atoms with E-state index < -0.39 is 24.7 Å². The van der Waals surface area contributed by atoms with Gasteiger partial charge >= 0.3 is 0 Å². The van der Waals surface area contributed by atoms with Crippen molar-refractivity contribution in [1.82, 2.24) is 5.32 Å². The lowest BCUT2D eigenvalue weighted by Crippen LogP contribution is -2.49. The fraction of sp³-hybridized carbons (Fsp3) is 0.344. The van der Waals surface area contributed by atoms with Crippen molar-refractivity contribution in [2.24, 2.45) is 22.2 Å². The maximum absolute atomic E-state index is 6.28. The molecule has 0 aliphatic heterocycles. The zero-order valence-corrected chi connectivity index (χ0v) is 25.1. The number of nitrogens with two attached hydrogens (primary N) is 3. The highest BCUT2D eigenvalue weighted by atomic mass is 31.2. The summed E-state index contributed by atoms with van der Waals surface area (Å²) in [6.45, 7) is 9.29. The zero-order valence-electron chi connectivity index (χ0n) is 24.2. The number of aliphatic imine (C=N–C) groups is 1. The average molecular weight is 563 g/mol. The van der Waals surface area contributed by atoms with Crippen molar-refractivity contribution in [3.8, 4) is 0 Å². The highest BCUT2D eigenvalue weighted by Gasteiger charge is 2.44. The van der Waals surface area contributed by atoms with Crippen LogP contribution in [0.4, 0.5) is 0 Å². The summed E-state index contributed by atoms with van der Waals surface area (Å²) in [6, 6.07) is 32.6. The molecule has 0 spiro atoms. The summed E-state index contributed by atoms with van der Waals surface area (Å²) in [5.41, 5.74) is 15.8. The molecule has 40 heavy (non-hydrogen) atoms. The van der Waals surface area contributed by atoms with Crippen LogP contribution in [-0.2, 0) is 9.47 Å². The Labute approximate surface area is 240 Å². The topological polar surface area (TPSA) is 121 Å². The van der Waals surface area contributed by atoms with Crippen molar-refractivity contribution < 1.29 is 9.47 Å². The molecule has 1 unspecified atom stereocenters. The third-order valence-electron chi connectivity index (χ3n) is 6.69. The molecule has 1 atom stereocenters. The lowest BCUT2D eigenvalue weighted by Gasteiger charge is -2.28. The standard InChI is InChI=1S/C32H45N5O2P/c1-31(2,37-30(35)36-29(33)34)20-23-39-32(3,4)21-22-38-24-25-40(26-14-8-5-9-15-26,27-16-10-6-11-17-27)28-18-12-7-13-19-28/h5-20,23,30,37H,21-22,24-25,35H2,1-4H3,(H4,33,34,36)/q+1/b23-20+. The van der Waals surface area contributed by atoms with Crippen LogP contribution in [0.5, 0.6) is 0 Å². The van der Waals surface area contributed by atoms with E-state index in [1.54, 1.807) is 6.26 Å². The minimum Gasteiger partial charge on any atom is -0.496 e. The van der Waals surface area contributed by atoms with Crippen LogP contribution in [0.1, 0.15) is 34.1 Å². The maximum Gasteiger partial charge on any atom is 0.188 e. The summed E-state index contributed by atoms with van der Waals surface area (Å²) >= 11 is 0. The Balaban J connectivity index is 1.64. The molecular weight excluding hydrogens is 517 g/mol. The first-order valence-electron chi connectivity index (χ1n) is 13.6. The van der Waals surface area contributed by atoms with E-state index in [1.165, 1.54) is 15.9 Å². The minimum absolute atomic E-state index is 0.0622. The summed E-state index contributed by atoms with van der Waals surface area (Å²) in [4.78, 5) is 3.90. The highest BCUT2D eigenvalue weighted by Crippen LogP contribution is 2.54. The Hall–Kier alpha value is -3.22. The molecule has 0 heterocycles. The third-order valence-corrected chi connectivity index (χ3v) is 11.1. The molecule has 0 saturated carbocycles. The van der Waals surface area contributed by atoms with Crippen LogP contribution in [0.2, 0.25) is 0 Å². The van der Waals surface area contributed by atoms with Gasteiger partial charge in [0.05, 0.1) is 25.6 Å². The summed E-state index contributed by atoms with van der Waals surface area (Å²) in [7, 11) is -1.90. The van der Waals surface area contributed by atoms with Gasteiger partial charge in [-0.05, 0) is 70.2 Å². The Morgan fingerprint density at radius 2 is 1.30 bits per heavy atom. The molecule has 214 valence electrons. The van der Waals surface area contributed by atoms with Crippen molar-refractivity contribution in [3.05, 3.63) is 103 Å². The first kappa shape index (κ1) is 31.3. The van der Waals surface area contributed by atoms with E-state index >= 15 is 0 Å². The number of hydrogen-bond acceptors (Lipinski definition) is 5. The molecule has 0 aromatic heterocycles. The van der Waals surface area contributed by atoms with E-state index in [0.717, 1.165) is 12.6 Å². The van der Waals surface area contributed by atoms with Crippen LogP contribution in [0.25, 0.3) is 0 Å². The number of benzene rings is 3. The molecule has 0 aliphatic carbocycles. The summed E-state index contributed by atoms with van der Waals surface area (Å²) in [6.07, 6.45) is 4.56. The van der Waals surface area contributed by atoms with Gasteiger partial charge in [-0.2, -0.15) is 0 Å². The summed E-state index contributed by atoms with van der Waals surface area (Å²) in [5.74, 6) is -0.0622. The van der Waals surface area contributed by atoms with Gasteiger partial charge in [0.1, 0.15) is 28.8 Å². The maximum atomic E-state index is 6.28. The molecule has 0 radical (unpaired) electrons. The van der Waals surface area contributed by atoms with Gasteiger partial charge in [0.15, 0.2) is 12.2 Å². The average Bonchev–Trinajstić information content (AvgIpc) is 2.91. The molecule has 7 N–H and O–H groups in total. The van der Waals surface area contributed by atoms with Gasteiger partial charge in [0.25, 0.3) is 0 Å². The second-order valence-electron chi connectivity index (χ2n) is 10.9. The van der Waals surface area contributed by atoms with E-state index in [0.29, 0.717) is 13.2 Å². The molecular formula is C32H45N5O2P+. The summed E-state index contributed by atoms with van der Waals surface area (Å²) in [5, 5.41) is 7.22. The monoisotopic (exact) mass is 562 g/mol. The van der Waals surface area contributed by atoms with Crippen LogP contribution in [-0.4, -0.2) is 42.8 Å². The van der Waals surface area contributed by atoms with Gasteiger partial charge in [-0.1, -0.05) is 54.6 Å². The van der Waals surface area contributed by atoms with E-state index in [9.17, 15) is 0 Å². The Morgan fingerprint density at radius 3 is 1.75 bits per heavy atom. The molecule has 0 amide bonds. The Bertz CT molecular complexity index is 1120. The van der Waals surface area contributed by atoms with E-state index in [2.05, 4.69) is 115 Å². The molecule has 3 aromatic carbocycles. The van der Waals surface area contributed by atoms with Gasteiger partial charge in [0.2, 0.25) is 0 Å². The van der Waals surface area contributed by atoms with Crippen LogP contribution < -0.4 is 38.4 Å². The number of nitrogens with zero attached hydrogens (tertiary/aromatic N) is 1. The normalized spacial score (nSPS) is 13.2. The lowest BCUT2D eigenvalue weighted by atomic mass is 10.1. The van der Waals surface area contributed by atoms with Gasteiger partial charge in [0, 0.05) is 12.0 Å². The first-order valence-corrected chi connectivity index (χ1v) is 15.6. The fourth-order valence-electron chi connectivity index (χ4n) is 4.57. The Morgan fingerprint density at radius 1 is 0.825 bits per heavy atom. The summed E-state index contributed by atoms with van der Waals surface area (Å²) < 4.78 is 12.3. The second kappa shape index (κ2) is 14.4. The predicted molar refractivity (Wildman–Crippen MR) is 171 cm³/mol. The first-order chi connectivity index (χ1) is 19.0. The number of nitrogens with one attached hydrogen (secondary N) is 1. The van der Waals surface area contributed by atoms with Crippen molar-refractivity contribution in [3.63, 3.8) is 0 Å². The van der Waals surface area contributed by atoms with Gasteiger partial charge in [-0.3, -0.25) is 11.1 Å². The van der Waals surface area contributed by atoms with E-state index in [-0.39, 0.29) is 5.96 Å². The molecule has 8 heteroatoms. The van der Waals surface area contributed by atoms with Crippen LogP contribution in [0.15, 0.2) is 108 Å². The van der Waals surface area contributed by atoms with Crippen molar-refractivity contribution in [2.75, 3.05) is 19.4 Å². The quantitative estimate of drug-likeness (QED) is 0.0561. The molecule has 3 rings (SSSR count). The number of hydrogen-bond donors (Lipinski definition) is 4. The van der Waals surface area contributed by atoms with Crippen LogP contribution >= 0.6 is 7.26 Å². The van der Waals surface area contributed by atoms with Crippen molar-refractivity contribution in [2.45, 2.75) is 51.5 Å². The third kappa shape index (κ3) is 9.17. The van der Waals surface area contributed by atoms with Gasteiger partial charge < -0.3 is 20.9 Å². The largest absolute Gasteiger partial charge is 0.496 e. The van der Waals surface area contributed by atoms with Crippen LogP contribution in [0, 0.1) is 0 Å². The molecule has 3 aromatic rings. The zero-order chi connectivity index (χ0) is 29.1. The number of rotatable bonds is 15. The smallest absolute Gasteiger partial charge is 0.188 e. The van der Waals surface area contributed by atoms with Crippen LogP contribution in [0.3, 0.4) is 0 Å². The highest BCUT2D eigenvalue weighted by molar-refractivity contribution is 7.95. The van der Waals surface area contributed by atoms with Gasteiger partial charge in [-0.15, -0.1) is 0 Å². The minimum atomic E-state index is -1.90.